The fraction of sp³-hybridized carbons (Fsp3) is 0.353. The maximum absolute atomic E-state index is 10.5. The van der Waals surface area contributed by atoms with Crippen LogP contribution in [0.4, 0.5) is 5.82 Å². The number of nitrogens with two attached hydrogens (primary N) is 1. The molecule has 8 heteroatoms. The summed E-state index contributed by atoms with van der Waals surface area (Å²) in [4.78, 5) is 12.4. The number of hydrogen-bond donors (Lipinski definition) is 3. The van der Waals surface area contributed by atoms with Crippen LogP contribution in [-0.4, -0.2) is 42.1 Å². The lowest BCUT2D eigenvalue weighted by Crippen LogP contribution is -2.28. The first kappa shape index (κ1) is 16.3. The zero-order chi connectivity index (χ0) is 17.4. The molecule has 3 aromatic rings. The lowest BCUT2D eigenvalue weighted by molar-refractivity contribution is -0.0202. The highest BCUT2D eigenvalue weighted by atomic mass is 32.1. The highest BCUT2D eigenvalue weighted by molar-refractivity contribution is 7.81. The average Bonchev–Trinajstić information content (AvgIpc) is 3.18. The molecule has 25 heavy (non-hydrogen) atoms. The Labute approximate surface area is 150 Å². The van der Waals surface area contributed by atoms with Gasteiger partial charge in [-0.2, -0.15) is 12.6 Å². The minimum atomic E-state index is -0.673. The number of nitrogen functional groups attached to an aromatic ring is 1. The van der Waals surface area contributed by atoms with E-state index >= 15 is 0 Å². The normalized spacial score (nSPS) is 26.3. The number of ether oxygens (including phenoxy) is 1. The van der Waals surface area contributed by atoms with Crippen LogP contribution in [0, 0.1) is 0 Å². The Morgan fingerprint density at radius 1 is 1.20 bits per heavy atom. The Hall–Kier alpha value is -2.16. The molecule has 4 rings (SSSR count). The number of rotatable bonds is 4. The summed E-state index contributed by atoms with van der Waals surface area (Å²) in [5.74, 6) is 0.318. The molecule has 1 aliphatic heterocycles. The fourth-order valence-corrected chi connectivity index (χ4v) is 3.61. The summed E-state index contributed by atoms with van der Waals surface area (Å²) in [6.45, 7) is 0. The highest BCUT2D eigenvalue weighted by Crippen LogP contribution is 2.36. The topological polar surface area (TPSA) is 99.1 Å². The molecule has 1 saturated heterocycles. The van der Waals surface area contributed by atoms with Crippen LogP contribution < -0.4 is 5.73 Å². The molecule has 7 nitrogen and oxygen atoms in total. The average molecular weight is 357 g/mol. The van der Waals surface area contributed by atoms with E-state index in [0.717, 1.165) is 6.42 Å². The third kappa shape index (κ3) is 2.97. The zero-order valence-electron chi connectivity index (χ0n) is 13.4. The smallest absolute Gasteiger partial charge is 0.167 e. The third-order valence-electron chi connectivity index (χ3n) is 4.56. The van der Waals surface area contributed by atoms with Crippen LogP contribution in [-0.2, 0) is 11.2 Å². The quantitative estimate of drug-likeness (QED) is 0.614. The Morgan fingerprint density at radius 3 is 2.80 bits per heavy atom. The lowest BCUT2D eigenvalue weighted by Gasteiger charge is -2.16. The van der Waals surface area contributed by atoms with Crippen LogP contribution in [0.5, 0.6) is 0 Å². The first-order chi connectivity index (χ1) is 12.1. The Morgan fingerprint density at radius 2 is 2.00 bits per heavy atom. The molecule has 0 saturated carbocycles. The lowest BCUT2D eigenvalue weighted by atomic mass is 10.0. The second-order valence-corrected chi connectivity index (χ2v) is 6.75. The highest BCUT2D eigenvalue weighted by Gasteiger charge is 2.42. The third-order valence-corrected chi connectivity index (χ3v) is 5.12. The van der Waals surface area contributed by atoms with E-state index < -0.39 is 12.3 Å². The van der Waals surface area contributed by atoms with E-state index in [0.29, 0.717) is 23.4 Å². The van der Waals surface area contributed by atoms with Crippen molar-refractivity contribution in [3.63, 3.8) is 0 Å². The molecule has 2 aromatic heterocycles. The van der Waals surface area contributed by atoms with Crippen LogP contribution in [0.15, 0.2) is 43.0 Å². The molecule has 0 unspecified atom stereocenters. The Bertz CT molecular complexity index is 872. The summed E-state index contributed by atoms with van der Waals surface area (Å²) in [5, 5.41) is 10.2. The summed E-state index contributed by atoms with van der Waals surface area (Å²) < 4.78 is 7.86. The molecule has 1 fully saturated rings. The van der Waals surface area contributed by atoms with Gasteiger partial charge in [0.2, 0.25) is 0 Å². The van der Waals surface area contributed by atoms with Gasteiger partial charge in [0.05, 0.1) is 23.8 Å². The standard InChI is InChI=1S/C17H19N5O2S/c18-15-12-16(20-8-19-15)22(9-21-12)17-14(25)13(23)11(24-17)7-6-10-4-2-1-3-5-10/h1-5,8-9,11,13-14,17,23,25H,6-7H2,(H2,18,19,20)/t11-,13-,14-,17-/m1/s1. The van der Waals surface area contributed by atoms with Crippen molar-refractivity contribution >= 4 is 29.6 Å². The number of imidazole rings is 1. The number of aliphatic hydroxyl groups is 1. The van der Waals surface area contributed by atoms with Gasteiger partial charge < -0.3 is 15.6 Å². The molecule has 4 atom stereocenters. The van der Waals surface area contributed by atoms with Gasteiger partial charge in [0.15, 0.2) is 17.7 Å². The number of aromatic nitrogens is 4. The van der Waals surface area contributed by atoms with Gasteiger partial charge in [0, 0.05) is 0 Å². The van der Waals surface area contributed by atoms with Crippen LogP contribution in [0.25, 0.3) is 11.2 Å². The van der Waals surface area contributed by atoms with Crippen molar-refractivity contribution in [2.45, 2.75) is 36.5 Å². The number of fused-ring (bicyclic) bond motifs is 1. The molecule has 130 valence electrons. The van der Waals surface area contributed by atoms with Gasteiger partial charge in [0.25, 0.3) is 0 Å². The number of aryl methyl sites for hydroxylation is 1. The first-order valence-corrected chi connectivity index (χ1v) is 8.65. The van der Waals surface area contributed by atoms with Crippen molar-refractivity contribution in [1.82, 2.24) is 19.5 Å². The predicted octanol–water partition coefficient (Wildman–Crippen LogP) is 1.60. The van der Waals surface area contributed by atoms with Crippen molar-refractivity contribution in [2.24, 2.45) is 0 Å². The molecule has 0 amide bonds. The molecule has 0 spiro atoms. The summed E-state index contributed by atoms with van der Waals surface area (Å²) in [6.07, 6.45) is 3.10. The molecule has 3 heterocycles. The first-order valence-electron chi connectivity index (χ1n) is 8.13. The van der Waals surface area contributed by atoms with Crippen molar-refractivity contribution in [3.05, 3.63) is 48.5 Å². The van der Waals surface area contributed by atoms with Gasteiger partial charge in [-0.1, -0.05) is 30.3 Å². The Balaban J connectivity index is 1.54. The summed E-state index contributed by atoms with van der Waals surface area (Å²) in [6, 6.07) is 10.1. The second kappa shape index (κ2) is 6.62. The summed E-state index contributed by atoms with van der Waals surface area (Å²) >= 11 is 4.56. The number of thiol groups is 1. The van der Waals surface area contributed by atoms with E-state index in [9.17, 15) is 5.11 Å². The molecular weight excluding hydrogens is 338 g/mol. The van der Waals surface area contributed by atoms with E-state index in [1.54, 1.807) is 10.9 Å². The van der Waals surface area contributed by atoms with Gasteiger partial charge in [-0.3, -0.25) is 4.57 Å². The van der Waals surface area contributed by atoms with Crippen LogP contribution in [0.1, 0.15) is 18.2 Å². The maximum atomic E-state index is 10.5. The van der Waals surface area contributed by atoms with E-state index in [-0.39, 0.29) is 11.4 Å². The van der Waals surface area contributed by atoms with Crippen molar-refractivity contribution in [1.29, 1.82) is 0 Å². The summed E-state index contributed by atoms with van der Waals surface area (Å²) in [5.41, 5.74) is 8.15. The number of anilines is 1. The Kier molecular flexibility index (Phi) is 4.32. The van der Waals surface area contributed by atoms with E-state index in [2.05, 4.69) is 39.7 Å². The van der Waals surface area contributed by atoms with E-state index in [4.69, 9.17) is 10.5 Å². The molecule has 0 bridgehead atoms. The number of nitrogens with zero attached hydrogens (tertiary/aromatic N) is 4. The van der Waals surface area contributed by atoms with Crippen molar-refractivity contribution in [3.8, 4) is 0 Å². The van der Waals surface area contributed by atoms with Gasteiger partial charge >= 0.3 is 0 Å². The van der Waals surface area contributed by atoms with Gasteiger partial charge in [0.1, 0.15) is 11.8 Å². The van der Waals surface area contributed by atoms with Gasteiger partial charge in [-0.25, -0.2) is 15.0 Å². The molecule has 1 aromatic carbocycles. The van der Waals surface area contributed by atoms with E-state index in [1.165, 1.54) is 11.9 Å². The second-order valence-electron chi connectivity index (χ2n) is 6.15. The van der Waals surface area contributed by atoms with Crippen LogP contribution in [0.3, 0.4) is 0 Å². The zero-order valence-corrected chi connectivity index (χ0v) is 14.3. The van der Waals surface area contributed by atoms with Crippen molar-refractivity contribution in [2.75, 3.05) is 5.73 Å². The fourth-order valence-electron chi connectivity index (χ4n) is 3.21. The SMILES string of the molecule is Nc1ncnc2c1ncn2[C@@H]1O[C@H](CCc2ccccc2)[C@@H](O)[C@H]1S. The largest absolute Gasteiger partial charge is 0.389 e. The minimum absolute atomic E-state index is 0.302. The maximum Gasteiger partial charge on any atom is 0.167 e. The van der Waals surface area contributed by atoms with Crippen LogP contribution >= 0.6 is 12.6 Å². The van der Waals surface area contributed by atoms with Gasteiger partial charge in [-0.05, 0) is 18.4 Å². The molecule has 3 N–H and O–H groups in total. The summed E-state index contributed by atoms with van der Waals surface area (Å²) in [7, 11) is 0. The number of aliphatic hydroxyl groups excluding tert-OH is 1. The van der Waals surface area contributed by atoms with Crippen LogP contribution in [0.2, 0.25) is 0 Å². The number of hydrogen-bond acceptors (Lipinski definition) is 7. The molecule has 0 aliphatic carbocycles. The van der Waals surface area contributed by atoms with Crippen molar-refractivity contribution < 1.29 is 9.84 Å². The molecule has 1 aliphatic rings. The molecular formula is C17H19N5O2S. The van der Waals surface area contributed by atoms with E-state index in [1.807, 2.05) is 18.2 Å². The van der Waals surface area contributed by atoms with Gasteiger partial charge in [-0.15, -0.1) is 0 Å². The minimum Gasteiger partial charge on any atom is -0.389 e. The molecule has 0 radical (unpaired) electrons. The monoisotopic (exact) mass is 357 g/mol. The predicted molar refractivity (Wildman–Crippen MR) is 97.2 cm³/mol. The number of benzene rings is 1.